The fourth-order valence-corrected chi connectivity index (χ4v) is 6.91. The lowest BCUT2D eigenvalue weighted by atomic mass is 9.70. The Labute approximate surface area is 186 Å². The molecule has 0 spiro atoms. The van der Waals surface area contributed by atoms with Gasteiger partial charge in [0.15, 0.2) is 6.29 Å². The van der Waals surface area contributed by atoms with E-state index in [1.165, 1.54) is 24.9 Å². The minimum Gasteiger partial charge on any atom is -0.467 e. The average molecular weight is 438 g/mol. The Balaban J connectivity index is 1.46. The number of amides is 1. The second-order valence-electron chi connectivity index (χ2n) is 12.0. The molecule has 2 saturated heterocycles. The van der Waals surface area contributed by atoms with Crippen molar-refractivity contribution in [3.63, 3.8) is 0 Å². The van der Waals surface area contributed by atoms with E-state index in [1.807, 2.05) is 20.8 Å². The maximum Gasteiger partial charge on any atom is 0.411 e. The molecular formula is C24H39NO6. The molecule has 0 aromatic carbocycles. The highest BCUT2D eigenvalue weighted by Crippen LogP contribution is 2.71. The normalized spacial score (nSPS) is 43.2. The predicted octanol–water partition coefficient (Wildman–Crippen LogP) is 4.13. The number of ether oxygens (including phenoxy) is 4. The summed E-state index contributed by atoms with van der Waals surface area (Å²) < 4.78 is 23.4. The van der Waals surface area contributed by atoms with Crippen molar-refractivity contribution in [3.05, 3.63) is 0 Å². The summed E-state index contributed by atoms with van der Waals surface area (Å²) in [5, 5.41) is 0. The van der Waals surface area contributed by atoms with Crippen molar-refractivity contribution >= 4 is 12.1 Å². The van der Waals surface area contributed by atoms with Crippen LogP contribution >= 0.6 is 0 Å². The SMILES string of the molecule is COC(=O)[C@]1(C)C[C@@H](O[C@H]2C[C@@H]3[C@H]4CC[C@@](C)([C@@H]3O2)C4(C)C)CN1C(=O)OC(C)(C)C. The Kier molecular flexibility index (Phi) is 5.21. The molecule has 0 aromatic rings. The van der Waals surface area contributed by atoms with Gasteiger partial charge >= 0.3 is 12.1 Å². The molecule has 2 aliphatic heterocycles. The zero-order valence-corrected chi connectivity index (χ0v) is 20.3. The van der Waals surface area contributed by atoms with E-state index in [2.05, 4.69) is 20.8 Å². The number of rotatable bonds is 3. The molecule has 7 nitrogen and oxygen atoms in total. The van der Waals surface area contributed by atoms with E-state index in [4.69, 9.17) is 18.9 Å². The zero-order chi connectivity index (χ0) is 23.0. The van der Waals surface area contributed by atoms with Crippen LogP contribution < -0.4 is 0 Å². The van der Waals surface area contributed by atoms with E-state index in [9.17, 15) is 9.59 Å². The first-order valence-corrected chi connectivity index (χ1v) is 11.6. The van der Waals surface area contributed by atoms with Crippen LogP contribution in [-0.2, 0) is 23.7 Å². The van der Waals surface area contributed by atoms with Gasteiger partial charge in [0.2, 0.25) is 0 Å². The largest absolute Gasteiger partial charge is 0.467 e. The Hall–Kier alpha value is -1.34. The lowest BCUT2D eigenvalue weighted by Crippen LogP contribution is -2.52. The summed E-state index contributed by atoms with van der Waals surface area (Å²) >= 11 is 0. The molecule has 7 atom stereocenters. The predicted molar refractivity (Wildman–Crippen MR) is 114 cm³/mol. The van der Waals surface area contributed by atoms with Gasteiger partial charge in [-0.05, 0) is 63.2 Å². The molecule has 2 aliphatic carbocycles. The highest BCUT2D eigenvalue weighted by atomic mass is 16.7. The molecule has 176 valence electrons. The first-order valence-electron chi connectivity index (χ1n) is 11.6. The molecule has 31 heavy (non-hydrogen) atoms. The monoisotopic (exact) mass is 437 g/mol. The molecule has 7 heteroatoms. The smallest absolute Gasteiger partial charge is 0.411 e. The van der Waals surface area contributed by atoms with E-state index in [0.29, 0.717) is 18.3 Å². The molecule has 2 saturated carbocycles. The van der Waals surface area contributed by atoms with Crippen LogP contribution in [0.3, 0.4) is 0 Å². The van der Waals surface area contributed by atoms with Gasteiger partial charge in [-0.15, -0.1) is 0 Å². The zero-order valence-electron chi connectivity index (χ0n) is 20.3. The van der Waals surface area contributed by atoms with Gasteiger partial charge < -0.3 is 18.9 Å². The molecule has 2 bridgehead atoms. The highest BCUT2D eigenvalue weighted by molar-refractivity contribution is 5.86. The Bertz CT molecular complexity index is 760. The van der Waals surface area contributed by atoms with Crippen molar-refractivity contribution < 1.29 is 28.5 Å². The maximum atomic E-state index is 12.9. The van der Waals surface area contributed by atoms with E-state index >= 15 is 0 Å². The van der Waals surface area contributed by atoms with Crippen molar-refractivity contribution in [2.45, 2.75) is 104 Å². The van der Waals surface area contributed by atoms with Crippen molar-refractivity contribution in [1.82, 2.24) is 4.90 Å². The van der Waals surface area contributed by atoms with Crippen LogP contribution in [0.15, 0.2) is 0 Å². The number of fused-ring (bicyclic) bond motifs is 5. The fraction of sp³-hybridized carbons (Fsp3) is 0.917. The van der Waals surface area contributed by atoms with Gasteiger partial charge in [-0.25, -0.2) is 9.59 Å². The lowest BCUT2D eigenvalue weighted by Gasteiger charge is -2.38. The lowest BCUT2D eigenvalue weighted by molar-refractivity contribution is -0.183. The number of hydrogen-bond donors (Lipinski definition) is 0. The van der Waals surface area contributed by atoms with Gasteiger partial charge in [0.25, 0.3) is 0 Å². The van der Waals surface area contributed by atoms with Crippen molar-refractivity contribution in [2.75, 3.05) is 13.7 Å². The number of carbonyl (C=O) groups excluding carboxylic acids is 2. The van der Waals surface area contributed by atoms with Crippen LogP contribution in [-0.4, -0.2) is 60.3 Å². The molecule has 4 rings (SSSR count). The van der Waals surface area contributed by atoms with Gasteiger partial charge in [0.05, 0.1) is 25.9 Å². The third-order valence-corrected chi connectivity index (χ3v) is 8.86. The van der Waals surface area contributed by atoms with Gasteiger partial charge in [-0.1, -0.05) is 20.8 Å². The number of carbonyl (C=O) groups is 2. The second-order valence-corrected chi connectivity index (χ2v) is 12.0. The van der Waals surface area contributed by atoms with Crippen LogP contribution in [0.4, 0.5) is 4.79 Å². The summed E-state index contributed by atoms with van der Waals surface area (Å²) in [6.45, 7) is 14.6. The molecule has 0 radical (unpaired) electrons. The molecule has 4 aliphatic rings. The van der Waals surface area contributed by atoms with Gasteiger partial charge in [0, 0.05) is 12.8 Å². The maximum absolute atomic E-state index is 12.9. The van der Waals surface area contributed by atoms with Crippen molar-refractivity contribution in [3.8, 4) is 0 Å². The standard InChI is InChI=1S/C24H39NO6/c1-21(2,3)31-20(27)25-13-14(12-24(25,7)19(26)28-8)29-17-11-15-16-9-10-23(6,18(15)30-17)22(16,4)5/h14-18H,9-13H2,1-8H3/t14-,15-,16-,17-,18-,23+,24+/m1/s1. The van der Waals surface area contributed by atoms with E-state index in [1.54, 1.807) is 6.92 Å². The highest BCUT2D eigenvalue weighted by Gasteiger charge is 2.69. The summed E-state index contributed by atoms with van der Waals surface area (Å²) in [7, 11) is 1.34. The Morgan fingerprint density at radius 1 is 1.13 bits per heavy atom. The van der Waals surface area contributed by atoms with Gasteiger partial charge in [-0.2, -0.15) is 0 Å². The molecule has 0 N–H and O–H groups in total. The Morgan fingerprint density at radius 3 is 2.39 bits per heavy atom. The third-order valence-electron chi connectivity index (χ3n) is 8.86. The van der Waals surface area contributed by atoms with Crippen LogP contribution in [0, 0.1) is 22.7 Å². The quantitative estimate of drug-likeness (QED) is 0.618. The number of hydrogen-bond acceptors (Lipinski definition) is 6. The number of methoxy groups -OCH3 is 1. The molecular weight excluding hydrogens is 398 g/mol. The second kappa shape index (κ2) is 7.08. The molecule has 0 aromatic heterocycles. The molecule has 2 heterocycles. The van der Waals surface area contributed by atoms with Crippen LogP contribution in [0.2, 0.25) is 0 Å². The summed E-state index contributed by atoms with van der Waals surface area (Å²) in [5.41, 5.74) is -1.30. The minimum absolute atomic E-state index is 0.180. The minimum atomic E-state index is -1.12. The average Bonchev–Trinajstić information content (AvgIpc) is 3.31. The molecule has 4 fully saturated rings. The van der Waals surface area contributed by atoms with Crippen LogP contribution in [0.5, 0.6) is 0 Å². The number of likely N-dealkylation sites (tertiary alicyclic amines) is 1. The first-order chi connectivity index (χ1) is 14.2. The number of nitrogens with zero attached hydrogens (tertiary/aromatic N) is 1. The van der Waals surface area contributed by atoms with Gasteiger partial charge in [0.1, 0.15) is 11.1 Å². The van der Waals surface area contributed by atoms with E-state index < -0.39 is 23.2 Å². The van der Waals surface area contributed by atoms with E-state index in [-0.39, 0.29) is 35.9 Å². The summed E-state index contributed by atoms with van der Waals surface area (Å²) in [6.07, 6.45) is 2.80. The summed E-state index contributed by atoms with van der Waals surface area (Å²) in [5.74, 6) is 0.730. The fourth-order valence-electron chi connectivity index (χ4n) is 6.91. The molecule has 0 unspecified atom stereocenters. The number of esters is 1. The summed E-state index contributed by atoms with van der Waals surface area (Å²) in [6, 6.07) is 0. The summed E-state index contributed by atoms with van der Waals surface area (Å²) in [4.78, 5) is 26.9. The van der Waals surface area contributed by atoms with Crippen LogP contribution in [0.25, 0.3) is 0 Å². The first kappa shape index (κ1) is 22.8. The van der Waals surface area contributed by atoms with Crippen molar-refractivity contribution in [2.24, 2.45) is 22.7 Å². The van der Waals surface area contributed by atoms with E-state index in [0.717, 1.165) is 6.42 Å². The third kappa shape index (κ3) is 3.38. The van der Waals surface area contributed by atoms with Crippen molar-refractivity contribution in [1.29, 1.82) is 0 Å². The molecule has 1 amide bonds. The topological polar surface area (TPSA) is 74.3 Å². The van der Waals surface area contributed by atoms with Crippen LogP contribution in [0.1, 0.15) is 74.1 Å². The Morgan fingerprint density at radius 2 is 1.81 bits per heavy atom. The van der Waals surface area contributed by atoms with Gasteiger partial charge in [-0.3, -0.25) is 4.90 Å².